The molecule has 2 heterocycles. The van der Waals surface area contributed by atoms with Crippen molar-refractivity contribution in [3.63, 3.8) is 0 Å². The lowest BCUT2D eigenvalue weighted by atomic mass is 10.2. The molecule has 0 spiro atoms. The first-order chi connectivity index (χ1) is 13.3. The van der Waals surface area contributed by atoms with Crippen molar-refractivity contribution in [3.8, 4) is 0 Å². The van der Waals surface area contributed by atoms with Crippen LogP contribution in [0.1, 0.15) is 29.5 Å². The van der Waals surface area contributed by atoms with Crippen LogP contribution >= 0.6 is 22.9 Å². The highest BCUT2D eigenvalue weighted by Crippen LogP contribution is 2.41. The van der Waals surface area contributed by atoms with E-state index in [0.29, 0.717) is 19.4 Å². The van der Waals surface area contributed by atoms with Gasteiger partial charge in [0.1, 0.15) is 5.01 Å². The third-order valence-electron chi connectivity index (χ3n) is 4.89. The van der Waals surface area contributed by atoms with E-state index >= 15 is 0 Å². The Morgan fingerprint density at radius 2 is 2.07 bits per heavy atom. The van der Waals surface area contributed by atoms with Gasteiger partial charge in [-0.2, -0.15) is 4.31 Å². The molecule has 0 saturated carbocycles. The molecule has 10 heteroatoms. The van der Waals surface area contributed by atoms with E-state index in [0.717, 1.165) is 21.3 Å². The second-order valence-corrected chi connectivity index (χ2v) is 9.96. The maximum Gasteiger partial charge on any atom is 0.275 e. The van der Waals surface area contributed by atoms with E-state index in [-0.39, 0.29) is 27.2 Å². The van der Waals surface area contributed by atoms with Gasteiger partial charge in [-0.3, -0.25) is 10.1 Å². The molecule has 0 aliphatic carbocycles. The lowest BCUT2D eigenvalue weighted by Gasteiger charge is -2.22. The zero-order valence-electron chi connectivity index (χ0n) is 14.8. The van der Waals surface area contributed by atoms with E-state index in [1.165, 1.54) is 28.6 Å². The largest absolute Gasteiger partial charge is 0.275 e. The molecule has 1 aliphatic heterocycles. The number of benzene rings is 2. The molecule has 1 atom stereocenters. The number of fused-ring (bicyclic) bond motifs is 1. The fraction of sp³-hybridized carbons (Fsp3) is 0.278. The Bertz CT molecular complexity index is 1160. The van der Waals surface area contributed by atoms with Gasteiger partial charge in [-0.05, 0) is 38.0 Å². The highest BCUT2D eigenvalue weighted by Gasteiger charge is 2.39. The van der Waals surface area contributed by atoms with Crippen molar-refractivity contribution in [2.75, 3.05) is 6.54 Å². The van der Waals surface area contributed by atoms with Crippen molar-refractivity contribution in [3.05, 3.63) is 62.1 Å². The maximum absolute atomic E-state index is 13.3. The van der Waals surface area contributed by atoms with Crippen LogP contribution in [0.15, 0.2) is 41.3 Å². The number of hydrogen-bond acceptors (Lipinski definition) is 6. The van der Waals surface area contributed by atoms with Gasteiger partial charge in [0, 0.05) is 18.2 Å². The molecule has 0 radical (unpaired) electrons. The molecule has 4 rings (SSSR count). The van der Waals surface area contributed by atoms with Gasteiger partial charge >= 0.3 is 0 Å². The van der Waals surface area contributed by atoms with Crippen LogP contribution in [-0.4, -0.2) is 29.2 Å². The molecule has 0 bridgehead atoms. The smallest absolute Gasteiger partial charge is 0.258 e. The average molecular weight is 438 g/mol. The molecular formula is C18H16ClN3O4S2. The van der Waals surface area contributed by atoms with E-state index in [1.54, 1.807) is 0 Å². The van der Waals surface area contributed by atoms with E-state index in [2.05, 4.69) is 4.98 Å². The molecule has 2 aromatic carbocycles. The third-order valence-corrected chi connectivity index (χ3v) is 8.31. The van der Waals surface area contributed by atoms with Crippen molar-refractivity contribution in [2.45, 2.75) is 30.7 Å². The van der Waals surface area contributed by atoms with Gasteiger partial charge in [-0.1, -0.05) is 23.7 Å². The summed E-state index contributed by atoms with van der Waals surface area (Å²) in [7, 11) is -3.96. The Morgan fingerprint density at radius 3 is 2.79 bits per heavy atom. The average Bonchev–Trinajstić information content (AvgIpc) is 3.30. The van der Waals surface area contributed by atoms with Gasteiger partial charge < -0.3 is 0 Å². The summed E-state index contributed by atoms with van der Waals surface area (Å²) in [4.78, 5) is 15.1. The predicted octanol–water partition coefficient (Wildman–Crippen LogP) is 4.69. The van der Waals surface area contributed by atoms with Gasteiger partial charge in [0.05, 0.1) is 31.1 Å². The molecule has 1 aliphatic rings. The van der Waals surface area contributed by atoms with Crippen LogP contribution in [0, 0.1) is 17.0 Å². The number of aromatic nitrogens is 1. The first-order valence-electron chi connectivity index (χ1n) is 8.61. The lowest BCUT2D eigenvalue weighted by molar-refractivity contribution is -0.385. The van der Waals surface area contributed by atoms with E-state index in [1.807, 2.05) is 24.3 Å². The summed E-state index contributed by atoms with van der Waals surface area (Å²) >= 11 is 7.56. The number of sulfonamides is 1. The summed E-state index contributed by atoms with van der Waals surface area (Å²) in [5.74, 6) is 0. The van der Waals surface area contributed by atoms with Crippen LogP contribution in [0.4, 0.5) is 5.69 Å². The van der Waals surface area contributed by atoms with Crippen molar-refractivity contribution < 1.29 is 13.3 Å². The van der Waals surface area contributed by atoms with Crippen LogP contribution in [0.25, 0.3) is 10.2 Å². The van der Waals surface area contributed by atoms with Crippen molar-refractivity contribution >= 4 is 48.9 Å². The molecule has 0 amide bonds. The second-order valence-electron chi connectivity index (χ2n) is 6.60. The fourth-order valence-corrected chi connectivity index (χ4v) is 6.59. The number of hydrogen-bond donors (Lipinski definition) is 0. The molecule has 146 valence electrons. The summed E-state index contributed by atoms with van der Waals surface area (Å²) in [6.07, 6.45) is 1.35. The summed E-state index contributed by atoms with van der Waals surface area (Å²) in [6.45, 7) is 1.83. The van der Waals surface area contributed by atoms with E-state index in [9.17, 15) is 18.5 Å². The minimum absolute atomic E-state index is 0.0588. The zero-order valence-corrected chi connectivity index (χ0v) is 17.2. The van der Waals surface area contributed by atoms with Gasteiger partial charge in [-0.15, -0.1) is 11.3 Å². The van der Waals surface area contributed by atoms with Crippen molar-refractivity contribution in [1.82, 2.24) is 9.29 Å². The second kappa shape index (κ2) is 7.07. The molecule has 0 N–H and O–H groups in total. The predicted molar refractivity (Wildman–Crippen MR) is 108 cm³/mol. The van der Waals surface area contributed by atoms with Crippen LogP contribution < -0.4 is 0 Å². The van der Waals surface area contributed by atoms with Gasteiger partial charge in [0.25, 0.3) is 5.69 Å². The molecular weight excluding hydrogens is 422 g/mol. The van der Waals surface area contributed by atoms with Crippen molar-refractivity contribution in [1.29, 1.82) is 0 Å². The molecule has 1 saturated heterocycles. The molecule has 7 nitrogen and oxygen atoms in total. The molecule has 1 aromatic heterocycles. The minimum atomic E-state index is -3.96. The Labute approximate surface area is 170 Å². The van der Waals surface area contributed by atoms with Crippen molar-refractivity contribution in [2.24, 2.45) is 0 Å². The SMILES string of the molecule is Cc1c(Cl)cc(S(=O)(=O)N2CCC[C@H]2c2nc3ccccc3s2)cc1[N+](=O)[O-]. The number of halogens is 1. The monoisotopic (exact) mass is 437 g/mol. The number of rotatable bonds is 4. The van der Waals surface area contributed by atoms with Gasteiger partial charge in [-0.25, -0.2) is 13.4 Å². The molecule has 0 unspecified atom stereocenters. The minimum Gasteiger partial charge on any atom is -0.258 e. The summed E-state index contributed by atoms with van der Waals surface area (Å²) < 4.78 is 29.0. The van der Waals surface area contributed by atoms with Crippen LogP contribution in [0.3, 0.4) is 0 Å². The summed E-state index contributed by atoms with van der Waals surface area (Å²) in [5, 5.41) is 12.1. The summed E-state index contributed by atoms with van der Waals surface area (Å²) in [5.41, 5.74) is 0.775. The van der Waals surface area contributed by atoms with E-state index in [4.69, 9.17) is 11.6 Å². The van der Waals surface area contributed by atoms with Crippen LogP contribution in [-0.2, 0) is 10.0 Å². The van der Waals surface area contributed by atoms with Crippen LogP contribution in [0.5, 0.6) is 0 Å². The maximum atomic E-state index is 13.3. The molecule has 3 aromatic rings. The normalized spacial score (nSPS) is 18.0. The number of nitro groups is 1. The molecule has 28 heavy (non-hydrogen) atoms. The quantitative estimate of drug-likeness (QED) is 0.436. The zero-order chi connectivity index (χ0) is 20.1. The standard InChI is InChI=1S/C18H16ClN3O4S2/c1-11-13(19)9-12(10-16(11)22(23)24)28(25,26)21-8-4-6-15(21)18-20-14-5-2-3-7-17(14)27-18/h2-3,5,7,9-10,15H,4,6,8H2,1H3/t15-/m0/s1. The topological polar surface area (TPSA) is 93.4 Å². The Balaban J connectivity index is 1.77. The summed E-state index contributed by atoms with van der Waals surface area (Å²) in [6, 6.07) is 9.64. The highest BCUT2D eigenvalue weighted by molar-refractivity contribution is 7.89. The number of para-hydroxylation sites is 1. The Morgan fingerprint density at radius 1 is 1.32 bits per heavy atom. The first kappa shape index (κ1) is 19.3. The number of thiazole rings is 1. The number of nitro benzene ring substituents is 1. The molecule has 1 fully saturated rings. The van der Waals surface area contributed by atoms with Gasteiger partial charge in [0.15, 0.2) is 0 Å². The highest BCUT2D eigenvalue weighted by atomic mass is 35.5. The Kier molecular flexibility index (Phi) is 4.86. The number of nitrogens with zero attached hydrogens (tertiary/aromatic N) is 3. The Hall–Kier alpha value is -2.07. The van der Waals surface area contributed by atoms with E-state index < -0.39 is 14.9 Å². The third kappa shape index (κ3) is 3.18. The lowest BCUT2D eigenvalue weighted by Crippen LogP contribution is -2.30. The first-order valence-corrected chi connectivity index (χ1v) is 11.2. The van der Waals surface area contributed by atoms with Gasteiger partial charge in [0.2, 0.25) is 10.0 Å². The van der Waals surface area contributed by atoms with Crippen LogP contribution in [0.2, 0.25) is 5.02 Å². The fourth-order valence-electron chi connectivity index (χ4n) is 3.42.